The number of carboxylic acids is 1. The molecule has 0 amide bonds. The lowest BCUT2D eigenvalue weighted by Gasteiger charge is -2.24. The van der Waals surface area contributed by atoms with Gasteiger partial charge >= 0.3 is 5.97 Å². The smallest absolute Gasteiger partial charge is 0.303 e. The van der Waals surface area contributed by atoms with Crippen LogP contribution >= 0.6 is 0 Å². The lowest BCUT2D eigenvalue weighted by atomic mass is 10.2. The van der Waals surface area contributed by atoms with E-state index in [0.29, 0.717) is 12.5 Å². The van der Waals surface area contributed by atoms with Crippen molar-refractivity contribution in [3.8, 4) is 0 Å². The minimum atomic E-state index is -0.707. The third-order valence-corrected chi connectivity index (χ3v) is 3.70. The zero-order valence-corrected chi connectivity index (χ0v) is 11.1. The number of nitrogens with one attached hydrogen (secondary N) is 1. The fourth-order valence-corrected chi connectivity index (χ4v) is 2.46. The second kappa shape index (κ2) is 7.67. The molecule has 2 N–H and O–H groups in total. The summed E-state index contributed by atoms with van der Waals surface area (Å²) in [5.41, 5.74) is 0. The molecule has 0 saturated heterocycles. The van der Waals surface area contributed by atoms with Crippen molar-refractivity contribution in [3.63, 3.8) is 0 Å². The topological polar surface area (TPSA) is 52.6 Å². The quantitative estimate of drug-likeness (QED) is 0.680. The fourth-order valence-electron chi connectivity index (χ4n) is 2.46. The molecule has 4 nitrogen and oxygen atoms in total. The summed E-state index contributed by atoms with van der Waals surface area (Å²) in [4.78, 5) is 12.9. The van der Waals surface area contributed by atoms with E-state index in [2.05, 4.69) is 24.2 Å². The predicted molar refractivity (Wildman–Crippen MR) is 69.2 cm³/mol. The van der Waals surface area contributed by atoms with E-state index in [0.717, 1.165) is 19.1 Å². The second-order valence-corrected chi connectivity index (χ2v) is 5.21. The molecular weight excluding hydrogens is 216 g/mol. The first-order valence-corrected chi connectivity index (χ1v) is 6.75. The summed E-state index contributed by atoms with van der Waals surface area (Å²) in [5.74, 6) is -0.707. The average Bonchev–Trinajstić information content (AvgIpc) is 2.79. The Morgan fingerprint density at radius 2 is 2.12 bits per heavy atom. The summed E-state index contributed by atoms with van der Waals surface area (Å²) in [6, 6.07) is 1.06. The number of rotatable bonds is 8. The molecule has 0 aromatic carbocycles. The van der Waals surface area contributed by atoms with Gasteiger partial charge in [0.05, 0.1) is 0 Å². The summed E-state index contributed by atoms with van der Waals surface area (Å²) < 4.78 is 0. The molecule has 4 heteroatoms. The molecule has 0 aromatic rings. The van der Waals surface area contributed by atoms with Crippen molar-refractivity contribution < 1.29 is 9.90 Å². The Hall–Kier alpha value is -0.610. The maximum absolute atomic E-state index is 10.4. The van der Waals surface area contributed by atoms with Gasteiger partial charge in [0.15, 0.2) is 0 Å². The van der Waals surface area contributed by atoms with Crippen LogP contribution in [0, 0.1) is 0 Å². The van der Waals surface area contributed by atoms with Crippen LogP contribution in [-0.4, -0.2) is 48.2 Å². The van der Waals surface area contributed by atoms with Gasteiger partial charge in [-0.1, -0.05) is 12.8 Å². The number of hydrogen-bond donors (Lipinski definition) is 2. The highest BCUT2D eigenvalue weighted by Gasteiger charge is 2.18. The summed E-state index contributed by atoms with van der Waals surface area (Å²) in [7, 11) is 2.19. The van der Waals surface area contributed by atoms with Crippen molar-refractivity contribution in [2.75, 3.05) is 20.1 Å². The first kappa shape index (κ1) is 14.5. The summed E-state index contributed by atoms with van der Waals surface area (Å²) in [5, 5.41) is 12.0. The first-order valence-electron chi connectivity index (χ1n) is 6.75. The second-order valence-electron chi connectivity index (χ2n) is 5.21. The first-order chi connectivity index (χ1) is 8.09. The van der Waals surface area contributed by atoms with E-state index in [1.165, 1.54) is 25.7 Å². The van der Waals surface area contributed by atoms with Crippen LogP contribution in [-0.2, 0) is 4.79 Å². The van der Waals surface area contributed by atoms with Gasteiger partial charge in [0.1, 0.15) is 0 Å². The van der Waals surface area contributed by atoms with Gasteiger partial charge in [-0.05, 0) is 33.2 Å². The molecule has 0 radical (unpaired) electrons. The van der Waals surface area contributed by atoms with Crippen LogP contribution in [0.1, 0.15) is 45.4 Å². The van der Waals surface area contributed by atoms with Gasteiger partial charge in [0.2, 0.25) is 0 Å². The SMILES string of the molecule is CC(CCC(=O)O)NCCN(C)C1CCCC1. The van der Waals surface area contributed by atoms with Gasteiger partial charge in [-0.15, -0.1) is 0 Å². The van der Waals surface area contributed by atoms with Gasteiger partial charge < -0.3 is 15.3 Å². The summed E-state index contributed by atoms with van der Waals surface area (Å²) in [6.07, 6.45) is 6.39. The number of aliphatic carboxylic acids is 1. The van der Waals surface area contributed by atoms with Crippen molar-refractivity contribution in [3.05, 3.63) is 0 Å². The molecule has 0 bridgehead atoms. The standard InChI is InChI=1S/C13H26N2O2/c1-11(7-8-13(16)17)14-9-10-15(2)12-5-3-4-6-12/h11-12,14H,3-10H2,1-2H3,(H,16,17). The molecule has 1 aliphatic rings. The van der Waals surface area contributed by atoms with Crippen molar-refractivity contribution in [2.24, 2.45) is 0 Å². The molecule has 0 aliphatic heterocycles. The normalized spacial score (nSPS) is 18.8. The molecule has 100 valence electrons. The maximum atomic E-state index is 10.4. The zero-order chi connectivity index (χ0) is 12.7. The Morgan fingerprint density at radius 3 is 2.71 bits per heavy atom. The minimum Gasteiger partial charge on any atom is -0.481 e. The minimum absolute atomic E-state index is 0.257. The molecule has 1 saturated carbocycles. The number of carbonyl (C=O) groups is 1. The van der Waals surface area contributed by atoms with Crippen molar-refractivity contribution >= 4 is 5.97 Å². The van der Waals surface area contributed by atoms with Gasteiger partial charge in [-0.3, -0.25) is 4.79 Å². The zero-order valence-electron chi connectivity index (χ0n) is 11.1. The molecule has 1 unspecified atom stereocenters. The fraction of sp³-hybridized carbons (Fsp3) is 0.923. The van der Waals surface area contributed by atoms with Crippen molar-refractivity contribution in [1.29, 1.82) is 0 Å². The molecule has 1 aliphatic carbocycles. The summed E-state index contributed by atoms with van der Waals surface area (Å²) >= 11 is 0. The van der Waals surface area contributed by atoms with E-state index in [-0.39, 0.29) is 6.42 Å². The molecular formula is C13H26N2O2. The Bertz CT molecular complexity index is 227. The van der Waals surface area contributed by atoms with Gasteiger partial charge in [-0.2, -0.15) is 0 Å². The van der Waals surface area contributed by atoms with E-state index >= 15 is 0 Å². The van der Waals surface area contributed by atoms with Gasteiger partial charge in [-0.25, -0.2) is 0 Å². The molecule has 17 heavy (non-hydrogen) atoms. The predicted octanol–water partition coefficient (Wildman–Crippen LogP) is 1.70. The van der Waals surface area contributed by atoms with Crippen molar-refractivity contribution in [1.82, 2.24) is 10.2 Å². The van der Waals surface area contributed by atoms with E-state index in [4.69, 9.17) is 5.11 Å². The highest BCUT2D eigenvalue weighted by Crippen LogP contribution is 2.21. The monoisotopic (exact) mass is 242 g/mol. The number of likely N-dealkylation sites (N-methyl/N-ethyl adjacent to an activating group) is 1. The van der Waals surface area contributed by atoms with E-state index in [1.807, 2.05) is 0 Å². The van der Waals surface area contributed by atoms with Crippen LogP contribution in [0.4, 0.5) is 0 Å². The largest absolute Gasteiger partial charge is 0.481 e. The number of nitrogens with zero attached hydrogens (tertiary/aromatic N) is 1. The maximum Gasteiger partial charge on any atom is 0.303 e. The lowest BCUT2D eigenvalue weighted by molar-refractivity contribution is -0.137. The number of hydrogen-bond acceptors (Lipinski definition) is 3. The molecule has 1 atom stereocenters. The third-order valence-electron chi connectivity index (χ3n) is 3.70. The van der Waals surface area contributed by atoms with Crippen LogP contribution in [0.15, 0.2) is 0 Å². The Morgan fingerprint density at radius 1 is 1.47 bits per heavy atom. The Kier molecular flexibility index (Phi) is 6.52. The molecule has 0 aromatic heterocycles. The highest BCUT2D eigenvalue weighted by atomic mass is 16.4. The Labute approximate surface area is 104 Å². The molecule has 1 fully saturated rings. The van der Waals surface area contributed by atoms with Gasteiger partial charge in [0, 0.05) is 31.6 Å². The van der Waals surface area contributed by atoms with Crippen LogP contribution in [0.2, 0.25) is 0 Å². The van der Waals surface area contributed by atoms with Crippen molar-refractivity contribution in [2.45, 2.75) is 57.5 Å². The summed E-state index contributed by atoms with van der Waals surface area (Å²) in [6.45, 7) is 4.06. The average molecular weight is 242 g/mol. The Balaban J connectivity index is 2.03. The van der Waals surface area contributed by atoms with Crippen LogP contribution in [0.3, 0.4) is 0 Å². The number of carboxylic acid groups (broad SMARTS) is 1. The molecule has 0 spiro atoms. The molecule has 0 heterocycles. The van der Waals surface area contributed by atoms with Gasteiger partial charge in [0.25, 0.3) is 0 Å². The van der Waals surface area contributed by atoms with Crippen LogP contribution in [0.5, 0.6) is 0 Å². The molecule has 1 rings (SSSR count). The highest BCUT2D eigenvalue weighted by molar-refractivity contribution is 5.66. The lowest BCUT2D eigenvalue weighted by Crippen LogP contribution is -2.38. The van der Waals surface area contributed by atoms with E-state index in [1.54, 1.807) is 0 Å². The van der Waals surface area contributed by atoms with Crippen LogP contribution < -0.4 is 5.32 Å². The van der Waals surface area contributed by atoms with Crippen LogP contribution in [0.25, 0.3) is 0 Å². The van der Waals surface area contributed by atoms with E-state index in [9.17, 15) is 4.79 Å². The van der Waals surface area contributed by atoms with E-state index < -0.39 is 5.97 Å². The third kappa shape index (κ3) is 6.03.